The first-order valence-electron chi connectivity index (χ1n) is 10.8. The zero-order valence-electron chi connectivity index (χ0n) is 20.1. The minimum atomic E-state index is -0.175. The lowest BCUT2D eigenvalue weighted by molar-refractivity contribution is 0.0983. The van der Waals surface area contributed by atoms with Crippen LogP contribution in [0.3, 0.4) is 0 Å². The number of halogens is 1. The number of likely N-dealkylation sites (N-methyl/N-ethyl adjacent to an activating group) is 1. The van der Waals surface area contributed by atoms with E-state index in [-0.39, 0.29) is 18.3 Å². The van der Waals surface area contributed by atoms with Gasteiger partial charge in [0.25, 0.3) is 5.91 Å². The van der Waals surface area contributed by atoms with Crippen molar-refractivity contribution in [2.24, 2.45) is 0 Å². The number of methoxy groups -OCH3 is 2. The van der Waals surface area contributed by atoms with Crippen molar-refractivity contribution in [3.05, 3.63) is 72.3 Å². The zero-order chi connectivity index (χ0) is 24.1. The largest absolute Gasteiger partial charge is 0.493 e. The van der Waals surface area contributed by atoms with Gasteiger partial charge in [0.15, 0.2) is 16.6 Å². The average molecular weight is 514 g/mol. The fourth-order valence-corrected chi connectivity index (χ4v) is 4.44. The summed E-state index contributed by atoms with van der Waals surface area (Å²) in [4.78, 5) is 22.3. The number of rotatable bonds is 9. The Balaban J connectivity index is 0.00000342. The number of hydrogen-bond acceptors (Lipinski definition) is 7. The van der Waals surface area contributed by atoms with E-state index in [1.54, 1.807) is 31.3 Å². The van der Waals surface area contributed by atoms with Gasteiger partial charge in [0.05, 0.1) is 30.0 Å². The van der Waals surface area contributed by atoms with Crippen molar-refractivity contribution < 1.29 is 19.0 Å². The Bertz CT molecular complexity index is 1240. The van der Waals surface area contributed by atoms with Crippen LogP contribution in [-0.4, -0.2) is 57.2 Å². The highest BCUT2D eigenvalue weighted by atomic mass is 35.5. The summed E-state index contributed by atoms with van der Waals surface area (Å²) in [6.45, 7) is 1.15. The van der Waals surface area contributed by atoms with E-state index in [1.165, 1.54) is 11.3 Å². The number of amides is 1. The maximum atomic E-state index is 13.8. The number of hydrogen-bond donors (Lipinski definition) is 0. The lowest BCUT2D eigenvalue weighted by atomic mass is 10.1. The quantitative estimate of drug-likeness (QED) is 0.284. The summed E-state index contributed by atoms with van der Waals surface area (Å²) in [5.41, 5.74) is 1.22. The molecule has 1 aromatic heterocycles. The van der Waals surface area contributed by atoms with Crippen LogP contribution < -0.4 is 19.1 Å². The maximum absolute atomic E-state index is 13.8. The van der Waals surface area contributed by atoms with Gasteiger partial charge in [0.1, 0.15) is 11.5 Å². The summed E-state index contributed by atoms with van der Waals surface area (Å²) in [5, 5.41) is 0.603. The number of para-hydroxylation sites is 2. The van der Waals surface area contributed by atoms with Crippen LogP contribution in [0.15, 0.2) is 66.7 Å². The molecular weight excluding hydrogens is 486 g/mol. The number of aromatic nitrogens is 1. The molecule has 9 heteroatoms. The van der Waals surface area contributed by atoms with Crippen LogP contribution in [-0.2, 0) is 0 Å². The number of fused-ring (bicyclic) bond motifs is 1. The molecule has 0 saturated carbocycles. The van der Waals surface area contributed by atoms with Crippen molar-refractivity contribution >= 4 is 45.0 Å². The Labute approximate surface area is 215 Å². The Hall–Kier alpha value is -3.33. The van der Waals surface area contributed by atoms with Gasteiger partial charge < -0.3 is 19.1 Å². The van der Waals surface area contributed by atoms with Gasteiger partial charge >= 0.3 is 0 Å². The first-order valence-corrected chi connectivity index (χ1v) is 11.6. The normalized spacial score (nSPS) is 10.7. The minimum Gasteiger partial charge on any atom is -0.493 e. The third kappa shape index (κ3) is 6.03. The van der Waals surface area contributed by atoms with Crippen molar-refractivity contribution in [1.29, 1.82) is 0 Å². The lowest BCUT2D eigenvalue weighted by Crippen LogP contribution is -2.36. The molecular formula is C26H28ClN3O4S. The van der Waals surface area contributed by atoms with E-state index in [9.17, 15) is 4.79 Å². The van der Waals surface area contributed by atoms with Crippen molar-refractivity contribution in [2.45, 2.75) is 0 Å². The number of benzene rings is 3. The second-order valence-electron chi connectivity index (χ2n) is 7.84. The Kier molecular flexibility index (Phi) is 8.92. The topological polar surface area (TPSA) is 64.1 Å². The summed E-state index contributed by atoms with van der Waals surface area (Å²) >= 11 is 1.44. The molecule has 0 bridgehead atoms. The molecule has 0 fully saturated rings. The van der Waals surface area contributed by atoms with E-state index in [2.05, 4.69) is 0 Å². The summed E-state index contributed by atoms with van der Waals surface area (Å²) in [5.74, 6) is 2.21. The molecule has 35 heavy (non-hydrogen) atoms. The van der Waals surface area contributed by atoms with Crippen LogP contribution >= 0.6 is 23.7 Å². The van der Waals surface area contributed by atoms with Gasteiger partial charge in [-0.05, 0) is 38.4 Å². The predicted molar refractivity (Wildman–Crippen MR) is 143 cm³/mol. The highest BCUT2D eigenvalue weighted by Crippen LogP contribution is 2.38. The number of nitrogens with zero attached hydrogens (tertiary/aromatic N) is 3. The summed E-state index contributed by atoms with van der Waals surface area (Å²) in [6, 6.07) is 20.4. The molecule has 0 aliphatic carbocycles. The Morgan fingerprint density at radius 1 is 0.886 bits per heavy atom. The van der Waals surface area contributed by atoms with Crippen LogP contribution in [0.1, 0.15) is 10.4 Å². The highest BCUT2D eigenvalue weighted by Gasteiger charge is 2.25. The third-order valence-corrected chi connectivity index (χ3v) is 6.26. The second-order valence-corrected chi connectivity index (χ2v) is 8.85. The van der Waals surface area contributed by atoms with Crippen molar-refractivity contribution in [2.75, 3.05) is 46.3 Å². The number of carbonyl (C=O) groups is 1. The van der Waals surface area contributed by atoms with E-state index in [0.29, 0.717) is 46.8 Å². The van der Waals surface area contributed by atoms with Gasteiger partial charge in [-0.3, -0.25) is 9.69 Å². The van der Waals surface area contributed by atoms with Gasteiger partial charge in [0, 0.05) is 25.2 Å². The standard InChI is InChI=1S/C26H27N3O4S.ClH/c1-28(2)14-15-29(26-27-20-16-22(31-3)23(32-4)17-24(20)34-26)25(30)19-12-8-9-13-21(19)33-18-10-6-5-7-11-18;/h5-13,16-17H,14-15H2,1-4H3;1H. The molecule has 0 saturated heterocycles. The SMILES string of the molecule is COc1cc2nc(N(CCN(C)C)C(=O)c3ccccc3Oc3ccccc3)sc2cc1OC.Cl. The van der Waals surface area contributed by atoms with Gasteiger partial charge in [-0.1, -0.05) is 41.7 Å². The van der Waals surface area contributed by atoms with E-state index in [4.69, 9.17) is 19.2 Å². The number of carbonyl (C=O) groups excluding carboxylic acids is 1. The predicted octanol–water partition coefficient (Wildman–Crippen LogP) is 5.74. The van der Waals surface area contributed by atoms with Crippen molar-refractivity contribution in [3.63, 3.8) is 0 Å². The van der Waals surface area contributed by atoms with Crippen molar-refractivity contribution in [1.82, 2.24) is 9.88 Å². The number of ether oxygens (including phenoxy) is 3. The molecule has 1 heterocycles. The first-order chi connectivity index (χ1) is 16.5. The lowest BCUT2D eigenvalue weighted by Gasteiger charge is -2.23. The van der Waals surface area contributed by atoms with Crippen LogP contribution in [0.25, 0.3) is 10.2 Å². The number of thiazole rings is 1. The summed E-state index contributed by atoms with van der Waals surface area (Å²) in [6.07, 6.45) is 0. The smallest absolute Gasteiger partial charge is 0.263 e. The third-order valence-electron chi connectivity index (χ3n) is 5.22. The van der Waals surface area contributed by atoms with Crippen LogP contribution in [0.2, 0.25) is 0 Å². The summed E-state index contributed by atoms with van der Waals surface area (Å²) in [7, 11) is 7.14. The van der Waals surface area contributed by atoms with E-state index in [0.717, 1.165) is 10.2 Å². The van der Waals surface area contributed by atoms with E-state index >= 15 is 0 Å². The van der Waals surface area contributed by atoms with E-state index in [1.807, 2.05) is 73.6 Å². The highest BCUT2D eigenvalue weighted by molar-refractivity contribution is 7.22. The fourth-order valence-electron chi connectivity index (χ4n) is 3.44. The molecule has 3 aromatic carbocycles. The van der Waals surface area contributed by atoms with Gasteiger partial charge in [-0.15, -0.1) is 12.4 Å². The minimum absolute atomic E-state index is 0. The maximum Gasteiger partial charge on any atom is 0.263 e. The van der Waals surface area contributed by atoms with Crippen LogP contribution in [0.4, 0.5) is 5.13 Å². The average Bonchev–Trinajstić information content (AvgIpc) is 3.26. The molecule has 7 nitrogen and oxygen atoms in total. The molecule has 184 valence electrons. The van der Waals surface area contributed by atoms with Gasteiger partial charge in [0.2, 0.25) is 0 Å². The molecule has 0 N–H and O–H groups in total. The first kappa shape index (κ1) is 26.3. The van der Waals surface area contributed by atoms with Crippen LogP contribution in [0, 0.1) is 0 Å². The van der Waals surface area contributed by atoms with Crippen LogP contribution in [0.5, 0.6) is 23.0 Å². The molecule has 1 amide bonds. The Morgan fingerprint density at radius 3 is 2.23 bits per heavy atom. The number of anilines is 1. The molecule has 0 aliphatic heterocycles. The molecule has 4 aromatic rings. The molecule has 0 spiro atoms. The molecule has 0 aliphatic rings. The molecule has 0 radical (unpaired) electrons. The molecule has 0 atom stereocenters. The van der Waals surface area contributed by atoms with Gasteiger partial charge in [-0.25, -0.2) is 4.98 Å². The van der Waals surface area contributed by atoms with Crippen molar-refractivity contribution in [3.8, 4) is 23.0 Å². The monoisotopic (exact) mass is 513 g/mol. The van der Waals surface area contributed by atoms with E-state index < -0.39 is 0 Å². The molecule has 0 unspecified atom stereocenters. The van der Waals surface area contributed by atoms with Gasteiger partial charge in [-0.2, -0.15) is 0 Å². The zero-order valence-corrected chi connectivity index (χ0v) is 21.7. The Morgan fingerprint density at radius 2 is 1.54 bits per heavy atom. The fraction of sp³-hybridized carbons (Fsp3) is 0.231. The summed E-state index contributed by atoms with van der Waals surface area (Å²) < 4.78 is 17.8. The second kappa shape index (κ2) is 11.9. The molecule has 4 rings (SSSR count).